The van der Waals surface area contributed by atoms with E-state index in [1.807, 2.05) is 6.07 Å². The lowest BCUT2D eigenvalue weighted by Gasteiger charge is -2.03. The monoisotopic (exact) mass is 276 g/mol. The first-order valence-corrected chi connectivity index (χ1v) is 6.56. The molecular formula is C13H12N2O3S. The van der Waals surface area contributed by atoms with E-state index < -0.39 is 5.97 Å². The Labute approximate surface area is 113 Å². The van der Waals surface area contributed by atoms with Crippen molar-refractivity contribution in [3.8, 4) is 0 Å². The minimum atomic E-state index is -0.950. The van der Waals surface area contributed by atoms with Gasteiger partial charge in [-0.2, -0.15) is 0 Å². The van der Waals surface area contributed by atoms with Crippen LogP contribution in [0.1, 0.15) is 21.6 Å². The Balaban J connectivity index is 2.12. The molecule has 5 nitrogen and oxygen atoms in total. The van der Waals surface area contributed by atoms with Gasteiger partial charge in [0, 0.05) is 17.5 Å². The summed E-state index contributed by atoms with van der Waals surface area (Å²) in [5, 5.41) is 9.43. The van der Waals surface area contributed by atoms with Crippen LogP contribution in [0.4, 0.5) is 0 Å². The first-order chi connectivity index (χ1) is 9.04. The molecule has 98 valence electrons. The summed E-state index contributed by atoms with van der Waals surface area (Å²) < 4.78 is 0. The standard InChI is InChI=1S/C13H12N2O3S/c1-8-5-11(16)15-13(14-8)19-7-9-3-2-4-10(6-9)12(17)18/h2-6H,7H2,1H3,(H,17,18)(H,14,15,16). The number of thioether (sulfide) groups is 1. The van der Waals surface area contributed by atoms with Gasteiger partial charge < -0.3 is 10.1 Å². The Hall–Kier alpha value is -2.08. The summed E-state index contributed by atoms with van der Waals surface area (Å²) in [5.41, 5.74) is 1.60. The molecule has 0 unspecified atom stereocenters. The van der Waals surface area contributed by atoms with Gasteiger partial charge in [-0.3, -0.25) is 4.79 Å². The smallest absolute Gasteiger partial charge is 0.335 e. The fourth-order valence-corrected chi connectivity index (χ4v) is 2.43. The second-order valence-corrected chi connectivity index (χ2v) is 4.95. The molecule has 0 saturated carbocycles. The molecule has 2 N–H and O–H groups in total. The van der Waals surface area contributed by atoms with E-state index in [-0.39, 0.29) is 11.1 Å². The third kappa shape index (κ3) is 3.69. The predicted octanol–water partition coefficient (Wildman–Crippen LogP) is 2.07. The zero-order valence-corrected chi connectivity index (χ0v) is 11.0. The minimum Gasteiger partial charge on any atom is -0.478 e. The SMILES string of the molecule is Cc1cc(=O)[nH]c(SCc2cccc(C(=O)O)c2)n1. The number of aromatic carboxylic acids is 1. The number of carboxylic acid groups (broad SMARTS) is 1. The quantitative estimate of drug-likeness (QED) is 0.659. The fourth-order valence-electron chi connectivity index (χ4n) is 1.57. The average molecular weight is 276 g/mol. The van der Waals surface area contributed by atoms with Crippen molar-refractivity contribution >= 4 is 17.7 Å². The lowest BCUT2D eigenvalue weighted by Crippen LogP contribution is -2.08. The largest absolute Gasteiger partial charge is 0.478 e. The van der Waals surface area contributed by atoms with Crippen molar-refractivity contribution in [1.82, 2.24) is 9.97 Å². The normalized spacial score (nSPS) is 10.4. The van der Waals surface area contributed by atoms with Crippen LogP contribution in [0.5, 0.6) is 0 Å². The van der Waals surface area contributed by atoms with Crippen LogP contribution in [0.3, 0.4) is 0 Å². The molecular weight excluding hydrogens is 264 g/mol. The summed E-state index contributed by atoms with van der Waals surface area (Å²) >= 11 is 1.36. The average Bonchev–Trinajstić information content (AvgIpc) is 2.35. The maximum absolute atomic E-state index is 11.3. The van der Waals surface area contributed by atoms with E-state index in [4.69, 9.17) is 5.11 Å². The first kappa shape index (κ1) is 13.4. The van der Waals surface area contributed by atoms with Crippen molar-refractivity contribution in [2.45, 2.75) is 17.8 Å². The van der Waals surface area contributed by atoms with Crippen molar-refractivity contribution in [2.75, 3.05) is 0 Å². The van der Waals surface area contributed by atoms with Gasteiger partial charge in [0.05, 0.1) is 5.56 Å². The molecule has 0 aliphatic heterocycles. The van der Waals surface area contributed by atoms with E-state index in [2.05, 4.69) is 9.97 Å². The topological polar surface area (TPSA) is 83.0 Å². The second kappa shape index (κ2) is 5.71. The first-order valence-electron chi connectivity index (χ1n) is 5.57. The number of hydrogen-bond acceptors (Lipinski definition) is 4. The van der Waals surface area contributed by atoms with Crippen molar-refractivity contribution in [3.05, 3.63) is 57.5 Å². The van der Waals surface area contributed by atoms with Crippen LogP contribution in [-0.4, -0.2) is 21.0 Å². The molecule has 0 atom stereocenters. The molecule has 19 heavy (non-hydrogen) atoms. The molecule has 0 fully saturated rings. The zero-order valence-electron chi connectivity index (χ0n) is 10.2. The molecule has 6 heteroatoms. The summed E-state index contributed by atoms with van der Waals surface area (Å²) in [6.07, 6.45) is 0. The Bertz CT molecular complexity index is 667. The Morgan fingerprint density at radius 1 is 1.42 bits per heavy atom. The number of benzene rings is 1. The van der Waals surface area contributed by atoms with Crippen molar-refractivity contribution in [3.63, 3.8) is 0 Å². The number of nitrogens with one attached hydrogen (secondary N) is 1. The summed E-state index contributed by atoms with van der Waals surface area (Å²) in [6.45, 7) is 1.75. The van der Waals surface area contributed by atoms with E-state index >= 15 is 0 Å². The highest BCUT2D eigenvalue weighted by molar-refractivity contribution is 7.98. The number of carboxylic acids is 1. The molecule has 0 spiro atoms. The molecule has 0 aliphatic rings. The molecule has 1 aromatic heterocycles. The van der Waals surface area contributed by atoms with Crippen LogP contribution in [0, 0.1) is 6.92 Å². The molecule has 2 aromatic rings. The molecule has 0 bridgehead atoms. The van der Waals surface area contributed by atoms with Gasteiger partial charge in [-0.25, -0.2) is 9.78 Å². The zero-order chi connectivity index (χ0) is 13.8. The number of rotatable bonds is 4. The van der Waals surface area contributed by atoms with E-state index in [0.717, 1.165) is 5.56 Å². The van der Waals surface area contributed by atoms with E-state index in [9.17, 15) is 9.59 Å². The number of aromatic nitrogens is 2. The number of aryl methyl sites for hydroxylation is 1. The van der Waals surface area contributed by atoms with Gasteiger partial charge in [-0.05, 0) is 24.6 Å². The maximum atomic E-state index is 11.3. The number of H-pyrrole nitrogens is 1. The van der Waals surface area contributed by atoms with Crippen molar-refractivity contribution < 1.29 is 9.90 Å². The number of hydrogen-bond donors (Lipinski definition) is 2. The summed E-state index contributed by atoms with van der Waals surface area (Å²) in [7, 11) is 0. The lowest BCUT2D eigenvalue weighted by molar-refractivity contribution is 0.0697. The van der Waals surface area contributed by atoms with Gasteiger partial charge in [0.1, 0.15) is 0 Å². The molecule has 0 amide bonds. The summed E-state index contributed by atoms with van der Waals surface area (Å²) in [6, 6.07) is 8.13. The van der Waals surface area contributed by atoms with Crippen LogP contribution in [0.25, 0.3) is 0 Å². The van der Waals surface area contributed by atoms with Crippen LogP contribution in [-0.2, 0) is 5.75 Å². The highest BCUT2D eigenvalue weighted by atomic mass is 32.2. The molecule has 1 aromatic carbocycles. The van der Waals surface area contributed by atoms with E-state index in [1.54, 1.807) is 25.1 Å². The summed E-state index contributed by atoms with van der Waals surface area (Å²) in [4.78, 5) is 29.0. The van der Waals surface area contributed by atoms with Gasteiger partial charge in [-0.15, -0.1) is 0 Å². The maximum Gasteiger partial charge on any atom is 0.335 e. The van der Waals surface area contributed by atoms with Crippen molar-refractivity contribution in [1.29, 1.82) is 0 Å². The fraction of sp³-hybridized carbons (Fsp3) is 0.154. The van der Waals surface area contributed by atoms with Crippen LogP contribution >= 0.6 is 11.8 Å². The third-order valence-corrected chi connectivity index (χ3v) is 3.34. The van der Waals surface area contributed by atoms with Crippen LogP contribution in [0.15, 0.2) is 40.3 Å². The second-order valence-electron chi connectivity index (χ2n) is 3.99. The number of carbonyl (C=O) groups is 1. The molecule has 0 aliphatic carbocycles. The van der Waals surface area contributed by atoms with Gasteiger partial charge in [-0.1, -0.05) is 23.9 Å². The van der Waals surface area contributed by atoms with E-state index in [0.29, 0.717) is 16.6 Å². The lowest BCUT2D eigenvalue weighted by atomic mass is 10.1. The van der Waals surface area contributed by atoms with Gasteiger partial charge in [0.2, 0.25) is 0 Å². The Kier molecular flexibility index (Phi) is 4.01. The van der Waals surface area contributed by atoms with Gasteiger partial charge in [0.15, 0.2) is 5.16 Å². The predicted molar refractivity (Wildman–Crippen MR) is 72.6 cm³/mol. The number of aromatic amines is 1. The molecule has 0 saturated heterocycles. The summed E-state index contributed by atoms with van der Waals surface area (Å²) in [5.74, 6) is -0.401. The highest BCUT2D eigenvalue weighted by Crippen LogP contribution is 2.19. The van der Waals surface area contributed by atoms with Crippen LogP contribution in [0.2, 0.25) is 0 Å². The van der Waals surface area contributed by atoms with E-state index in [1.165, 1.54) is 17.8 Å². The van der Waals surface area contributed by atoms with Gasteiger partial charge in [0.25, 0.3) is 5.56 Å². The van der Waals surface area contributed by atoms with Crippen LogP contribution < -0.4 is 5.56 Å². The third-order valence-electron chi connectivity index (χ3n) is 2.40. The highest BCUT2D eigenvalue weighted by Gasteiger charge is 2.05. The minimum absolute atomic E-state index is 0.186. The Morgan fingerprint density at radius 3 is 2.89 bits per heavy atom. The molecule has 2 rings (SSSR count). The molecule has 1 heterocycles. The number of nitrogens with zero attached hydrogens (tertiary/aromatic N) is 1. The Morgan fingerprint density at radius 2 is 2.21 bits per heavy atom. The molecule has 0 radical (unpaired) electrons. The van der Waals surface area contributed by atoms with Crippen molar-refractivity contribution in [2.24, 2.45) is 0 Å². The van der Waals surface area contributed by atoms with Gasteiger partial charge >= 0.3 is 5.97 Å².